The van der Waals surface area contributed by atoms with E-state index in [1.807, 2.05) is 0 Å². The minimum absolute atomic E-state index is 0.0691. The van der Waals surface area contributed by atoms with Crippen molar-refractivity contribution in [1.29, 1.82) is 0 Å². The number of alkyl halides is 2. The first-order valence-electron chi connectivity index (χ1n) is 5.77. The molecule has 0 atom stereocenters. The van der Waals surface area contributed by atoms with Crippen LogP contribution in [0.5, 0.6) is 5.75 Å². The maximum absolute atomic E-state index is 13.5. The second-order valence-corrected chi connectivity index (χ2v) is 4.42. The topological polar surface area (TPSA) is 38.3 Å². The van der Waals surface area contributed by atoms with Gasteiger partial charge in [0.15, 0.2) is 0 Å². The van der Waals surface area contributed by atoms with Gasteiger partial charge in [-0.2, -0.15) is 8.78 Å². The van der Waals surface area contributed by atoms with Crippen molar-refractivity contribution < 1.29 is 22.7 Å². The van der Waals surface area contributed by atoms with Crippen LogP contribution >= 0.6 is 11.6 Å². The Morgan fingerprint density at radius 3 is 2.43 bits per heavy atom. The molecule has 0 aromatic heterocycles. The Morgan fingerprint density at radius 1 is 1.14 bits per heavy atom. The van der Waals surface area contributed by atoms with E-state index < -0.39 is 18.3 Å². The first-order valence-corrected chi connectivity index (χ1v) is 6.15. The van der Waals surface area contributed by atoms with Crippen molar-refractivity contribution in [2.24, 2.45) is 0 Å². The van der Waals surface area contributed by atoms with Crippen molar-refractivity contribution in [3.05, 3.63) is 58.9 Å². The number of hydrogen-bond donors (Lipinski definition) is 1. The van der Waals surface area contributed by atoms with Gasteiger partial charge in [0.05, 0.1) is 5.69 Å². The van der Waals surface area contributed by atoms with Crippen LogP contribution in [0.3, 0.4) is 0 Å². The summed E-state index contributed by atoms with van der Waals surface area (Å²) in [5, 5.41) is 2.61. The van der Waals surface area contributed by atoms with Gasteiger partial charge < -0.3 is 10.1 Å². The first-order chi connectivity index (χ1) is 9.95. The molecule has 2 rings (SSSR count). The third-order valence-electron chi connectivity index (χ3n) is 2.52. The average Bonchev–Trinajstić information content (AvgIpc) is 2.43. The highest BCUT2D eigenvalue weighted by atomic mass is 35.5. The van der Waals surface area contributed by atoms with E-state index in [1.54, 1.807) is 0 Å². The summed E-state index contributed by atoms with van der Waals surface area (Å²) in [6, 6.07) is 8.75. The number of benzene rings is 2. The monoisotopic (exact) mass is 315 g/mol. The van der Waals surface area contributed by atoms with Crippen LogP contribution in [0.1, 0.15) is 10.4 Å². The Balaban J connectivity index is 2.11. The summed E-state index contributed by atoms with van der Waals surface area (Å²) in [6.45, 7) is -2.94. The summed E-state index contributed by atoms with van der Waals surface area (Å²) in [7, 11) is 0. The van der Waals surface area contributed by atoms with Gasteiger partial charge in [0.25, 0.3) is 5.91 Å². The Morgan fingerprint density at radius 2 is 1.81 bits per heavy atom. The fourth-order valence-corrected chi connectivity index (χ4v) is 1.75. The molecule has 0 aliphatic rings. The van der Waals surface area contributed by atoms with Crippen LogP contribution in [0.15, 0.2) is 42.5 Å². The van der Waals surface area contributed by atoms with E-state index in [9.17, 15) is 18.0 Å². The summed E-state index contributed by atoms with van der Waals surface area (Å²) in [5.41, 5.74) is 0.0939. The number of nitrogens with one attached hydrogen (secondary N) is 1. The van der Waals surface area contributed by atoms with Gasteiger partial charge in [0.1, 0.15) is 11.6 Å². The minimum atomic E-state index is -2.94. The van der Waals surface area contributed by atoms with E-state index in [0.717, 1.165) is 6.07 Å². The summed E-state index contributed by atoms with van der Waals surface area (Å²) in [5.74, 6) is -1.30. The van der Waals surface area contributed by atoms with Gasteiger partial charge in [0.2, 0.25) is 0 Å². The Bertz CT molecular complexity index is 647. The van der Waals surface area contributed by atoms with E-state index in [2.05, 4.69) is 10.1 Å². The molecule has 0 aliphatic heterocycles. The summed E-state index contributed by atoms with van der Waals surface area (Å²) < 4.78 is 41.6. The van der Waals surface area contributed by atoms with Gasteiger partial charge in [-0.05, 0) is 42.5 Å². The summed E-state index contributed by atoms with van der Waals surface area (Å²) in [4.78, 5) is 11.9. The lowest BCUT2D eigenvalue weighted by molar-refractivity contribution is -0.0498. The number of halogens is 4. The number of anilines is 1. The van der Waals surface area contributed by atoms with Gasteiger partial charge in [-0.25, -0.2) is 4.39 Å². The van der Waals surface area contributed by atoms with E-state index in [4.69, 9.17) is 11.6 Å². The van der Waals surface area contributed by atoms with Crippen LogP contribution < -0.4 is 10.1 Å². The smallest absolute Gasteiger partial charge is 0.387 e. The highest BCUT2D eigenvalue weighted by Gasteiger charge is 2.11. The zero-order valence-corrected chi connectivity index (χ0v) is 11.2. The van der Waals surface area contributed by atoms with Crippen LogP contribution in [-0.2, 0) is 0 Å². The molecule has 1 N–H and O–H groups in total. The van der Waals surface area contributed by atoms with Crippen LogP contribution in [0, 0.1) is 5.82 Å². The normalized spacial score (nSPS) is 10.5. The maximum atomic E-state index is 13.5. The number of carbonyl (C=O) groups excluding carboxylic acids is 1. The van der Waals surface area contributed by atoms with Crippen LogP contribution in [0.2, 0.25) is 5.02 Å². The van der Waals surface area contributed by atoms with Gasteiger partial charge in [-0.1, -0.05) is 11.6 Å². The molecule has 0 aliphatic carbocycles. The number of rotatable bonds is 4. The van der Waals surface area contributed by atoms with Crippen LogP contribution in [0.4, 0.5) is 18.9 Å². The van der Waals surface area contributed by atoms with Gasteiger partial charge >= 0.3 is 6.61 Å². The predicted octanol–water partition coefficient (Wildman–Crippen LogP) is 4.33. The molecule has 21 heavy (non-hydrogen) atoms. The second-order valence-electron chi connectivity index (χ2n) is 3.98. The maximum Gasteiger partial charge on any atom is 0.387 e. The molecule has 1 amide bonds. The molecule has 0 unspecified atom stereocenters. The zero-order valence-electron chi connectivity index (χ0n) is 10.4. The molecule has 7 heteroatoms. The molecule has 0 heterocycles. The Kier molecular flexibility index (Phi) is 4.70. The lowest BCUT2D eigenvalue weighted by atomic mass is 10.2. The molecule has 0 fully saturated rings. The average molecular weight is 316 g/mol. The van der Waals surface area contributed by atoms with Crippen molar-refractivity contribution >= 4 is 23.2 Å². The number of hydrogen-bond acceptors (Lipinski definition) is 2. The summed E-state index contributed by atoms with van der Waals surface area (Å²) >= 11 is 5.71. The number of amides is 1. The third-order valence-corrected chi connectivity index (χ3v) is 2.75. The molecule has 3 nitrogen and oxygen atoms in total. The largest absolute Gasteiger partial charge is 0.435 e. The Labute approximate surface area is 123 Å². The first kappa shape index (κ1) is 15.2. The molecule has 2 aromatic carbocycles. The molecule has 110 valence electrons. The number of ether oxygens (including phenoxy) is 1. The molecule has 0 saturated carbocycles. The minimum Gasteiger partial charge on any atom is -0.435 e. The molecule has 0 spiro atoms. The van der Waals surface area contributed by atoms with E-state index >= 15 is 0 Å². The van der Waals surface area contributed by atoms with Crippen LogP contribution in [0.25, 0.3) is 0 Å². The summed E-state index contributed by atoms with van der Waals surface area (Å²) in [6.07, 6.45) is 0. The van der Waals surface area contributed by atoms with Gasteiger partial charge in [-0.3, -0.25) is 4.79 Å². The van der Waals surface area contributed by atoms with Crippen LogP contribution in [-0.4, -0.2) is 12.5 Å². The molecule has 2 aromatic rings. The molecule has 0 saturated heterocycles. The molecule has 0 radical (unpaired) electrons. The lowest BCUT2D eigenvalue weighted by Gasteiger charge is -2.08. The molecular formula is C14H9ClF3NO2. The van der Waals surface area contributed by atoms with Gasteiger partial charge in [-0.15, -0.1) is 0 Å². The quantitative estimate of drug-likeness (QED) is 0.912. The Hall–Kier alpha value is -2.21. The van der Waals surface area contributed by atoms with E-state index in [0.29, 0.717) is 0 Å². The molecular weight excluding hydrogens is 307 g/mol. The second kappa shape index (κ2) is 6.49. The lowest BCUT2D eigenvalue weighted by Crippen LogP contribution is -2.13. The third kappa shape index (κ3) is 4.13. The van der Waals surface area contributed by atoms with Crippen molar-refractivity contribution in [1.82, 2.24) is 0 Å². The standard InChI is InChI=1S/C14H9ClF3NO2/c15-9-3-6-11(16)12(7-9)19-13(20)8-1-4-10(5-2-8)21-14(17)18/h1-7,14H,(H,19,20). The highest BCUT2D eigenvalue weighted by Crippen LogP contribution is 2.21. The fourth-order valence-electron chi connectivity index (χ4n) is 1.58. The fraction of sp³-hybridized carbons (Fsp3) is 0.0714. The SMILES string of the molecule is O=C(Nc1cc(Cl)ccc1F)c1ccc(OC(F)F)cc1. The van der Waals surface area contributed by atoms with Crippen molar-refractivity contribution in [3.8, 4) is 5.75 Å². The van der Waals surface area contributed by atoms with Crippen molar-refractivity contribution in [2.75, 3.05) is 5.32 Å². The van der Waals surface area contributed by atoms with E-state index in [-0.39, 0.29) is 22.0 Å². The van der Waals surface area contributed by atoms with Gasteiger partial charge in [0, 0.05) is 10.6 Å². The van der Waals surface area contributed by atoms with Crippen molar-refractivity contribution in [3.63, 3.8) is 0 Å². The number of carbonyl (C=O) groups is 1. The zero-order chi connectivity index (χ0) is 15.4. The highest BCUT2D eigenvalue weighted by molar-refractivity contribution is 6.31. The predicted molar refractivity (Wildman–Crippen MR) is 72.4 cm³/mol. The molecule has 0 bridgehead atoms. The van der Waals surface area contributed by atoms with Crippen molar-refractivity contribution in [2.45, 2.75) is 6.61 Å². The van der Waals surface area contributed by atoms with E-state index in [1.165, 1.54) is 36.4 Å².